The molecule has 4 nitrogen and oxygen atoms in total. The average molecular weight is 254 g/mol. The quantitative estimate of drug-likeness (QED) is 0.806. The van der Waals surface area contributed by atoms with Gasteiger partial charge in [0.1, 0.15) is 6.26 Å². The molecule has 0 radical (unpaired) electrons. The number of aromatic nitrogens is 1. The Morgan fingerprint density at radius 2 is 1.94 bits per heavy atom. The molecule has 0 aliphatic carbocycles. The van der Waals surface area contributed by atoms with E-state index in [1.54, 1.807) is 18.2 Å². The predicted octanol–water partition coefficient (Wildman–Crippen LogP) is 3.14. The van der Waals surface area contributed by atoms with Crippen LogP contribution in [-0.2, 0) is 0 Å². The van der Waals surface area contributed by atoms with Crippen LogP contribution in [0, 0.1) is 0 Å². The summed E-state index contributed by atoms with van der Waals surface area (Å²) in [7, 11) is 0. The van der Waals surface area contributed by atoms with Crippen LogP contribution in [0.1, 0.15) is 0 Å². The van der Waals surface area contributed by atoms with E-state index in [4.69, 9.17) is 23.8 Å². The molecule has 0 spiro atoms. The van der Waals surface area contributed by atoms with E-state index in [9.17, 15) is 0 Å². The maximum absolute atomic E-state index is 5.76. The lowest BCUT2D eigenvalue weighted by atomic mass is 10.3. The lowest BCUT2D eigenvalue weighted by Gasteiger charge is -2.07. The minimum atomic E-state index is 0.441. The van der Waals surface area contributed by atoms with Crippen molar-refractivity contribution in [3.8, 4) is 0 Å². The molecule has 0 aliphatic heterocycles. The van der Waals surface area contributed by atoms with Gasteiger partial charge >= 0.3 is 0 Å². The van der Waals surface area contributed by atoms with Gasteiger partial charge in [0.2, 0.25) is 0 Å². The smallest absolute Gasteiger partial charge is 0.176 e. The molecule has 82 valence electrons. The van der Waals surface area contributed by atoms with Gasteiger partial charge in [-0.2, -0.15) is 0 Å². The Morgan fingerprint density at radius 1 is 1.19 bits per heavy atom. The van der Waals surface area contributed by atoms with Crippen molar-refractivity contribution in [1.82, 2.24) is 5.16 Å². The zero-order chi connectivity index (χ0) is 11.4. The van der Waals surface area contributed by atoms with Crippen molar-refractivity contribution in [1.29, 1.82) is 0 Å². The molecule has 0 saturated heterocycles. The molecule has 0 unspecified atom stereocenters. The first-order valence-electron chi connectivity index (χ1n) is 4.48. The van der Waals surface area contributed by atoms with E-state index < -0.39 is 0 Å². The van der Waals surface area contributed by atoms with E-state index in [-0.39, 0.29) is 0 Å². The summed E-state index contributed by atoms with van der Waals surface area (Å²) in [5, 5.41) is 10.7. The zero-order valence-electron chi connectivity index (χ0n) is 8.11. The molecule has 0 bridgehead atoms. The molecule has 1 aromatic heterocycles. The fourth-order valence-electron chi connectivity index (χ4n) is 1.09. The van der Waals surface area contributed by atoms with Gasteiger partial charge in [-0.1, -0.05) is 16.8 Å². The number of benzene rings is 1. The number of hydrogen-bond acceptors (Lipinski definition) is 3. The Balaban J connectivity index is 1.95. The van der Waals surface area contributed by atoms with Crippen LogP contribution < -0.4 is 10.6 Å². The Bertz CT molecular complexity index is 469. The van der Waals surface area contributed by atoms with Gasteiger partial charge in [-0.3, -0.25) is 0 Å². The largest absolute Gasteiger partial charge is 0.363 e. The van der Waals surface area contributed by atoms with Crippen LogP contribution in [0.2, 0.25) is 5.02 Å². The molecule has 0 fully saturated rings. The van der Waals surface area contributed by atoms with Crippen LogP contribution in [0.25, 0.3) is 0 Å². The van der Waals surface area contributed by atoms with Gasteiger partial charge < -0.3 is 15.2 Å². The molecule has 6 heteroatoms. The molecule has 2 rings (SSSR count). The first-order chi connectivity index (χ1) is 7.74. The zero-order valence-corrected chi connectivity index (χ0v) is 9.68. The Hall–Kier alpha value is -1.59. The fourth-order valence-corrected chi connectivity index (χ4v) is 1.44. The van der Waals surface area contributed by atoms with Gasteiger partial charge in [0.15, 0.2) is 10.9 Å². The van der Waals surface area contributed by atoms with Crippen LogP contribution >= 0.6 is 23.8 Å². The lowest BCUT2D eigenvalue weighted by Crippen LogP contribution is -2.19. The standard InChI is InChI=1S/C10H8ClN3OS/c11-7-1-3-8(4-2-7)12-10(16)13-9-5-6-15-14-9/h1-6H,(H2,12,13,14,16). The van der Waals surface area contributed by atoms with Gasteiger partial charge in [-0.05, 0) is 36.5 Å². The Labute approximate surface area is 103 Å². The van der Waals surface area contributed by atoms with Crippen LogP contribution in [0.15, 0.2) is 41.1 Å². The molecule has 16 heavy (non-hydrogen) atoms. The van der Waals surface area contributed by atoms with E-state index in [2.05, 4.69) is 20.3 Å². The Morgan fingerprint density at radius 3 is 2.56 bits per heavy atom. The highest BCUT2D eigenvalue weighted by atomic mass is 35.5. The van der Waals surface area contributed by atoms with Crippen molar-refractivity contribution in [3.63, 3.8) is 0 Å². The second-order valence-electron chi connectivity index (χ2n) is 2.97. The number of nitrogens with one attached hydrogen (secondary N) is 2. The number of halogens is 1. The number of thiocarbonyl (C=S) groups is 1. The first kappa shape index (κ1) is 10.9. The molecule has 1 heterocycles. The second kappa shape index (κ2) is 4.96. The SMILES string of the molecule is S=C(Nc1ccc(Cl)cc1)Nc1ccon1. The third-order valence-corrected chi connectivity index (χ3v) is 2.24. The van der Waals surface area contributed by atoms with Crippen molar-refractivity contribution in [2.24, 2.45) is 0 Å². The fraction of sp³-hybridized carbons (Fsp3) is 0. The van der Waals surface area contributed by atoms with Crippen LogP contribution in [0.5, 0.6) is 0 Å². The van der Waals surface area contributed by atoms with E-state index >= 15 is 0 Å². The van der Waals surface area contributed by atoms with Crippen molar-refractivity contribution in [3.05, 3.63) is 41.6 Å². The monoisotopic (exact) mass is 253 g/mol. The minimum absolute atomic E-state index is 0.441. The molecule has 0 saturated carbocycles. The minimum Gasteiger partial charge on any atom is -0.363 e. The van der Waals surface area contributed by atoms with Crippen molar-refractivity contribution in [2.75, 3.05) is 10.6 Å². The van der Waals surface area contributed by atoms with E-state index in [0.717, 1.165) is 5.69 Å². The normalized spacial score (nSPS) is 9.81. The highest BCUT2D eigenvalue weighted by Gasteiger charge is 2.00. The van der Waals surface area contributed by atoms with Gasteiger partial charge in [0.05, 0.1) is 0 Å². The van der Waals surface area contributed by atoms with Crippen molar-refractivity contribution in [2.45, 2.75) is 0 Å². The number of hydrogen-bond donors (Lipinski definition) is 2. The molecule has 2 N–H and O–H groups in total. The number of nitrogens with zero attached hydrogens (tertiary/aromatic N) is 1. The molecule has 2 aromatic rings. The number of anilines is 2. The van der Waals surface area contributed by atoms with Gasteiger partial charge in [0, 0.05) is 16.8 Å². The summed E-state index contributed by atoms with van der Waals surface area (Å²) in [6.07, 6.45) is 1.47. The number of rotatable bonds is 2. The first-order valence-corrected chi connectivity index (χ1v) is 5.26. The van der Waals surface area contributed by atoms with E-state index in [1.165, 1.54) is 6.26 Å². The van der Waals surface area contributed by atoms with Crippen molar-refractivity contribution >= 4 is 40.4 Å². The third kappa shape index (κ3) is 2.95. The molecule has 0 aliphatic rings. The maximum atomic E-state index is 5.76. The summed E-state index contributed by atoms with van der Waals surface area (Å²) in [5.74, 6) is 0.562. The molecular formula is C10H8ClN3OS. The second-order valence-corrected chi connectivity index (χ2v) is 3.82. The summed E-state index contributed by atoms with van der Waals surface area (Å²) in [6.45, 7) is 0. The highest BCUT2D eigenvalue weighted by Crippen LogP contribution is 2.13. The maximum Gasteiger partial charge on any atom is 0.176 e. The third-order valence-electron chi connectivity index (χ3n) is 1.78. The topological polar surface area (TPSA) is 50.1 Å². The molecule has 0 amide bonds. The average Bonchev–Trinajstić information content (AvgIpc) is 2.74. The van der Waals surface area contributed by atoms with Crippen LogP contribution in [0.4, 0.5) is 11.5 Å². The molecule has 1 aromatic carbocycles. The summed E-state index contributed by atoms with van der Waals surface area (Å²) in [5.41, 5.74) is 0.852. The summed E-state index contributed by atoms with van der Waals surface area (Å²) in [4.78, 5) is 0. The van der Waals surface area contributed by atoms with Gasteiger partial charge in [0.25, 0.3) is 0 Å². The Kier molecular flexibility index (Phi) is 3.38. The highest BCUT2D eigenvalue weighted by molar-refractivity contribution is 7.80. The van der Waals surface area contributed by atoms with Gasteiger partial charge in [-0.15, -0.1) is 0 Å². The summed E-state index contributed by atoms with van der Waals surface area (Å²) in [6, 6.07) is 8.90. The van der Waals surface area contributed by atoms with Crippen LogP contribution in [-0.4, -0.2) is 10.3 Å². The van der Waals surface area contributed by atoms with Crippen molar-refractivity contribution < 1.29 is 4.52 Å². The van der Waals surface area contributed by atoms with E-state index in [0.29, 0.717) is 16.0 Å². The molecular weight excluding hydrogens is 246 g/mol. The van der Waals surface area contributed by atoms with Gasteiger partial charge in [-0.25, -0.2) is 0 Å². The summed E-state index contributed by atoms with van der Waals surface area (Å²) < 4.78 is 4.66. The lowest BCUT2D eigenvalue weighted by molar-refractivity contribution is 0.423. The summed E-state index contributed by atoms with van der Waals surface area (Å²) >= 11 is 10.8. The predicted molar refractivity (Wildman–Crippen MR) is 67.8 cm³/mol. The van der Waals surface area contributed by atoms with Crippen LogP contribution in [0.3, 0.4) is 0 Å². The van der Waals surface area contributed by atoms with E-state index in [1.807, 2.05) is 12.1 Å². The molecule has 0 atom stereocenters.